The van der Waals surface area contributed by atoms with Crippen LogP contribution in [0.4, 0.5) is 4.79 Å². The van der Waals surface area contributed by atoms with E-state index in [1.807, 2.05) is 26.8 Å². The first-order valence-electron chi connectivity index (χ1n) is 6.47. The summed E-state index contributed by atoms with van der Waals surface area (Å²) in [5.74, 6) is 0. The zero-order chi connectivity index (χ0) is 14.8. The minimum atomic E-state index is -0.454. The van der Waals surface area contributed by atoms with Crippen LogP contribution in [0.5, 0.6) is 0 Å². The molecule has 0 saturated carbocycles. The fourth-order valence-electron chi connectivity index (χ4n) is 1.85. The maximum Gasteiger partial charge on any atom is 0.410 e. The largest absolute Gasteiger partial charge is 0.444 e. The number of carbonyl (C=O) groups is 1. The molecule has 1 aliphatic heterocycles. The van der Waals surface area contributed by atoms with Crippen LogP contribution >= 0.6 is 23.4 Å². The fourth-order valence-corrected chi connectivity index (χ4v) is 3.01. The van der Waals surface area contributed by atoms with Gasteiger partial charge in [0.25, 0.3) is 0 Å². The summed E-state index contributed by atoms with van der Waals surface area (Å²) in [7, 11) is 0. The minimum Gasteiger partial charge on any atom is -0.444 e. The van der Waals surface area contributed by atoms with Crippen molar-refractivity contribution in [2.24, 2.45) is 0 Å². The Morgan fingerprint density at radius 2 is 2.20 bits per heavy atom. The number of ether oxygens (including phenoxy) is 1. The van der Waals surface area contributed by atoms with E-state index in [1.165, 1.54) is 0 Å². The van der Waals surface area contributed by atoms with Crippen LogP contribution < -0.4 is 0 Å². The quantitative estimate of drug-likeness (QED) is 0.838. The second-order valence-corrected chi connectivity index (χ2v) is 7.36. The van der Waals surface area contributed by atoms with E-state index in [1.54, 1.807) is 22.7 Å². The van der Waals surface area contributed by atoms with E-state index in [0.717, 1.165) is 11.4 Å². The lowest BCUT2D eigenvalue weighted by Crippen LogP contribution is -2.35. The van der Waals surface area contributed by atoms with Gasteiger partial charge < -0.3 is 9.64 Å². The smallest absolute Gasteiger partial charge is 0.410 e. The van der Waals surface area contributed by atoms with Gasteiger partial charge in [-0.1, -0.05) is 23.4 Å². The van der Waals surface area contributed by atoms with E-state index in [4.69, 9.17) is 16.3 Å². The highest BCUT2D eigenvalue weighted by atomic mass is 35.5. The molecule has 1 saturated heterocycles. The van der Waals surface area contributed by atoms with Crippen LogP contribution in [0.25, 0.3) is 0 Å². The molecule has 2 heterocycles. The summed E-state index contributed by atoms with van der Waals surface area (Å²) in [6, 6.07) is 3.56. The summed E-state index contributed by atoms with van der Waals surface area (Å²) in [5, 5.41) is 9.36. The Morgan fingerprint density at radius 1 is 1.45 bits per heavy atom. The van der Waals surface area contributed by atoms with Crippen molar-refractivity contribution in [3.05, 3.63) is 17.3 Å². The lowest BCUT2D eigenvalue weighted by Gasteiger charge is -2.24. The van der Waals surface area contributed by atoms with Gasteiger partial charge in [0, 0.05) is 18.3 Å². The number of halogens is 1. The van der Waals surface area contributed by atoms with Gasteiger partial charge in [0.05, 0.1) is 0 Å². The summed E-state index contributed by atoms with van der Waals surface area (Å²) in [4.78, 5) is 13.7. The molecule has 0 radical (unpaired) electrons. The Morgan fingerprint density at radius 3 is 2.80 bits per heavy atom. The molecule has 7 heteroatoms. The first-order chi connectivity index (χ1) is 9.33. The van der Waals surface area contributed by atoms with E-state index >= 15 is 0 Å². The molecule has 0 N–H and O–H groups in total. The van der Waals surface area contributed by atoms with Crippen molar-refractivity contribution in [3.8, 4) is 0 Å². The second kappa shape index (κ2) is 6.18. The molecule has 1 amide bonds. The normalized spacial score (nSPS) is 19.2. The molecular weight excluding hydrogens is 298 g/mol. The third kappa shape index (κ3) is 4.52. The summed E-state index contributed by atoms with van der Waals surface area (Å²) in [6.07, 6.45) is 0.677. The van der Waals surface area contributed by atoms with Crippen LogP contribution in [0, 0.1) is 0 Å². The van der Waals surface area contributed by atoms with Gasteiger partial charge in [-0.2, -0.15) is 0 Å². The van der Waals surface area contributed by atoms with E-state index in [0.29, 0.717) is 23.5 Å². The number of carbonyl (C=O) groups excluding carboxylic acids is 1. The van der Waals surface area contributed by atoms with Gasteiger partial charge >= 0.3 is 6.09 Å². The average molecular weight is 316 g/mol. The van der Waals surface area contributed by atoms with Gasteiger partial charge in [0.2, 0.25) is 0 Å². The standard InChI is InChI=1S/C13H18ClN3O2S/c1-13(2,3)19-12(18)17-7-6-9(8-17)20-11-5-4-10(14)15-16-11/h4-5,9H,6-8H2,1-3H3/t9-/m1/s1. The third-order valence-electron chi connectivity index (χ3n) is 2.69. The van der Waals surface area contributed by atoms with E-state index in [2.05, 4.69) is 10.2 Å². The van der Waals surface area contributed by atoms with Crippen molar-refractivity contribution < 1.29 is 9.53 Å². The number of thioether (sulfide) groups is 1. The Balaban J connectivity index is 1.86. The molecule has 1 fully saturated rings. The monoisotopic (exact) mass is 315 g/mol. The highest BCUT2D eigenvalue weighted by Crippen LogP contribution is 2.29. The number of likely N-dealkylation sites (tertiary alicyclic amines) is 1. The maximum absolute atomic E-state index is 12.0. The van der Waals surface area contributed by atoms with Crippen LogP contribution in [0.15, 0.2) is 17.2 Å². The zero-order valence-corrected chi connectivity index (χ0v) is 13.4. The van der Waals surface area contributed by atoms with Crippen LogP contribution in [0.3, 0.4) is 0 Å². The van der Waals surface area contributed by atoms with Crippen LogP contribution in [0.2, 0.25) is 5.15 Å². The number of aromatic nitrogens is 2. The summed E-state index contributed by atoms with van der Waals surface area (Å²) >= 11 is 7.32. The molecular formula is C13H18ClN3O2S. The third-order valence-corrected chi connectivity index (χ3v) is 4.07. The highest BCUT2D eigenvalue weighted by Gasteiger charge is 2.30. The number of amides is 1. The van der Waals surface area contributed by atoms with Crippen molar-refractivity contribution in [1.82, 2.24) is 15.1 Å². The number of rotatable bonds is 2. The molecule has 1 aromatic heterocycles. The van der Waals surface area contributed by atoms with Gasteiger partial charge in [0.15, 0.2) is 5.15 Å². The SMILES string of the molecule is CC(C)(C)OC(=O)N1CC[C@@H](Sc2ccc(Cl)nn2)C1. The van der Waals surface area contributed by atoms with Crippen LogP contribution in [-0.4, -0.2) is 45.1 Å². The van der Waals surface area contributed by atoms with Crippen LogP contribution in [-0.2, 0) is 4.74 Å². The van der Waals surface area contributed by atoms with Gasteiger partial charge in [-0.25, -0.2) is 4.79 Å². The summed E-state index contributed by atoms with van der Waals surface area (Å²) < 4.78 is 5.37. The van der Waals surface area contributed by atoms with E-state index in [9.17, 15) is 4.79 Å². The van der Waals surface area contributed by atoms with Gasteiger partial charge in [-0.3, -0.25) is 0 Å². The number of nitrogens with zero attached hydrogens (tertiary/aromatic N) is 3. The predicted octanol–water partition coefficient (Wildman–Crippen LogP) is 3.23. The molecule has 0 unspecified atom stereocenters. The molecule has 1 aromatic rings. The fraction of sp³-hybridized carbons (Fsp3) is 0.615. The maximum atomic E-state index is 12.0. The molecule has 1 atom stereocenters. The molecule has 110 valence electrons. The topological polar surface area (TPSA) is 55.3 Å². The first kappa shape index (κ1) is 15.4. The van der Waals surface area contributed by atoms with Gasteiger partial charge in [-0.15, -0.1) is 10.2 Å². The van der Waals surface area contributed by atoms with E-state index in [-0.39, 0.29) is 6.09 Å². The van der Waals surface area contributed by atoms with Crippen molar-refractivity contribution in [3.63, 3.8) is 0 Å². The number of hydrogen-bond donors (Lipinski definition) is 0. The van der Waals surface area contributed by atoms with Crippen molar-refractivity contribution >= 4 is 29.5 Å². The predicted molar refractivity (Wildman–Crippen MR) is 79.1 cm³/mol. The Labute approximate surface area is 128 Å². The molecule has 5 nitrogen and oxygen atoms in total. The average Bonchev–Trinajstić information content (AvgIpc) is 2.79. The molecule has 20 heavy (non-hydrogen) atoms. The Kier molecular flexibility index (Phi) is 4.75. The minimum absolute atomic E-state index is 0.247. The Hall–Kier alpha value is -1.01. The highest BCUT2D eigenvalue weighted by molar-refractivity contribution is 7.99. The lowest BCUT2D eigenvalue weighted by molar-refractivity contribution is 0.0295. The molecule has 0 spiro atoms. The number of hydrogen-bond acceptors (Lipinski definition) is 5. The van der Waals surface area contributed by atoms with Gasteiger partial charge in [0.1, 0.15) is 10.6 Å². The van der Waals surface area contributed by atoms with Gasteiger partial charge in [-0.05, 0) is 39.3 Å². The summed E-state index contributed by atoms with van der Waals surface area (Å²) in [6.45, 7) is 7.00. The molecule has 2 rings (SSSR count). The van der Waals surface area contributed by atoms with E-state index < -0.39 is 5.60 Å². The summed E-state index contributed by atoms with van der Waals surface area (Å²) in [5.41, 5.74) is -0.454. The molecule has 0 aliphatic carbocycles. The second-order valence-electron chi connectivity index (χ2n) is 5.65. The van der Waals surface area contributed by atoms with Crippen LogP contribution in [0.1, 0.15) is 27.2 Å². The van der Waals surface area contributed by atoms with Crippen molar-refractivity contribution in [2.45, 2.75) is 43.1 Å². The zero-order valence-electron chi connectivity index (χ0n) is 11.8. The Bertz CT molecular complexity index is 475. The first-order valence-corrected chi connectivity index (χ1v) is 7.73. The molecule has 0 bridgehead atoms. The van der Waals surface area contributed by atoms with Crippen molar-refractivity contribution in [2.75, 3.05) is 13.1 Å². The molecule has 0 aromatic carbocycles. The lowest BCUT2D eigenvalue weighted by atomic mass is 10.2. The molecule has 1 aliphatic rings. The van der Waals surface area contributed by atoms with Crippen molar-refractivity contribution in [1.29, 1.82) is 0 Å².